The van der Waals surface area contributed by atoms with Crippen LogP contribution in [0, 0.1) is 0 Å². The number of aliphatic hydroxyl groups is 1. The lowest BCUT2D eigenvalue weighted by Gasteiger charge is -2.13. The van der Waals surface area contributed by atoms with Gasteiger partial charge in [-0.1, -0.05) is 12.1 Å². The summed E-state index contributed by atoms with van der Waals surface area (Å²) in [7, 11) is 0. The van der Waals surface area contributed by atoms with Gasteiger partial charge in [-0.3, -0.25) is 4.79 Å². The zero-order valence-corrected chi connectivity index (χ0v) is 10.0. The number of hydrogen-bond acceptors (Lipinski definition) is 4. The number of aliphatic hydroxyl groups excluding tert-OH is 1. The average molecular weight is 255 g/mol. The molecule has 0 heterocycles. The summed E-state index contributed by atoms with van der Waals surface area (Å²) in [6.07, 6.45) is 1.83. The number of nitrogens with one attached hydrogen (secondary N) is 1. The van der Waals surface area contributed by atoms with Gasteiger partial charge >= 0.3 is 5.97 Å². The summed E-state index contributed by atoms with van der Waals surface area (Å²) >= 11 is 1.40. The Kier molecular flexibility index (Phi) is 4.99. The molecule has 1 aromatic rings. The fourth-order valence-corrected chi connectivity index (χ4v) is 1.85. The van der Waals surface area contributed by atoms with E-state index in [0.717, 1.165) is 4.90 Å². The molecule has 3 N–H and O–H groups in total. The maximum atomic E-state index is 11.8. The molecule has 92 valence electrons. The Hall–Kier alpha value is -1.53. The largest absolute Gasteiger partial charge is 0.480 e. The number of thioether (sulfide) groups is 1. The minimum Gasteiger partial charge on any atom is -0.480 e. The molecular formula is C11H13NO4S. The topological polar surface area (TPSA) is 86.6 Å². The van der Waals surface area contributed by atoms with Gasteiger partial charge in [0.05, 0.1) is 12.2 Å². The van der Waals surface area contributed by atoms with E-state index in [2.05, 4.69) is 5.32 Å². The van der Waals surface area contributed by atoms with Crippen LogP contribution in [0.15, 0.2) is 29.2 Å². The number of carbonyl (C=O) groups excluding carboxylic acids is 1. The van der Waals surface area contributed by atoms with E-state index in [1.165, 1.54) is 11.8 Å². The standard InChI is InChI=1S/C11H13NO4S/c1-17-9-5-3-2-4-7(9)10(14)12-8(6-13)11(15)16/h2-5,8,13H,6H2,1H3,(H,12,14)(H,15,16). The third-order valence-electron chi connectivity index (χ3n) is 2.14. The predicted octanol–water partition coefficient (Wildman–Crippen LogP) is 0.584. The Balaban J connectivity index is 2.86. The lowest BCUT2D eigenvalue weighted by Crippen LogP contribution is -2.43. The van der Waals surface area contributed by atoms with Gasteiger partial charge in [-0.15, -0.1) is 11.8 Å². The number of benzene rings is 1. The van der Waals surface area contributed by atoms with Crippen LogP contribution in [0.3, 0.4) is 0 Å². The molecule has 0 saturated carbocycles. The van der Waals surface area contributed by atoms with Crippen molar-refractivity contribution in [1.29, 1.82) is 0 Å². The third kappa shape index (κ3) is 3.47. The summed E-state index contributed by atoms with van der Waals surface area (Å²) in [4.78, 5) is 23.2. The van der Waals surface area contributed by atoms with Gasteiger partial charge in [0.2, 0.25) is 0 Å². The van der Waals surface area contributed by atoms with Crippen LogP contribution >= 0.6 is 11.8 Å². The highest BCUT2D eigenvalue weighted by Crippen LogP contribution is 2.19. The van der Waals surface area contributed by atoms with E-state index < -0.39 is 24.5 Å². The van der Waals surface area contributed by atoms with E-state index >= 15 is 0 Å². The van der Waals surface area contributed by atoms with E-state index in [4.69, 9.17) is 10.2 Å². The molecule has 0 aliphatic rings. The number of aliphatic carboxylic acids is 1. The first kappa shape index (κ1) is 13.5. The van der Waals surface area contributed by atoms with Gasteiger partial charge in [0, 0.05) is 4.90 Å². The fraction of sp³-hybridized carbons (Fsp3) is 0.273. The highest BCUT2D eigenvalue weighted by Gasteiger charge is 2.20. The number of carbonyl (C=O) groups is 2. The number of rotatable bonds is 5. The molecule has 1 amide bonds. The first-order valence-corrected chi connectivity index (χ1v) is 6.10. The van der Waals surface area contributed by atoms with Crippen LogP contribution in [0.1, 0.15) is 10.4 Å². The zero-order valence-electron chi connectivity index (χ0n) is 9.21. The number of carboxylic acids is 1. The molecule has 1 aromatic carbocycles. The first-order chi connectivity index (χ1) is 8.10. The van der Waals surface area contributed by atoms with Crippen molar-refractivity contribution in [3.8, 4) is 0 Å². The van der Waals surface area contributed by atoms with Crippen molar-refractivity contribution in [3.05, 3.63) is 29.8 Å². The molecule has 1 unspecified atom stereocenters. The van der Waals surface area contributed by atoms with Crippen molar-refractivity contribution in [2.24, 2.45) is 0 Å². The SMILES string of the molecule is CSc1ccccc1C(=O)NC(CO)C(=O)O. The molecule has 5 nitrogen and oxygen atoms in total. The molecule has 1 rings (SSSR count). The van der Waals surface area contributed by atoms with Crippen molar-refractivity contribution in [2.45, 2.75) is 10.9 Å². The minimum atomic E-state index is -1.28. The van der Waals surface area contributed by atoms with Crippen LogP contribution in [0.4, 0.5) is 0 Å². The Morgan fingerprint density at radius 3 is 2.59 bits per heavy atom. The summed E-state index contributed by atoms with van der Waals surface area (Å²) in [6.45, 7) is -0.636. The number of amides is 1. The van der Waals surface area contributed by atoms with Gasteiger partial charge in [-0.05, 0) is 18.4 Å². The van der Waals surface area contributed by atoms with Gasteiger partial charge in [0.15, 0.2) is 6.04 Å². The lowest BCUT2D eigenvalue weighted by molar-refractivity contribution is -0.140. The Morgan fingerprint density at radius 1 is 1.41 bits per heavy atom. The fourth-order valence-electron chi connectivity index (χ4n) is 1.25. The zero-order chi connectivity index (χ0) is 12.8. The van der Waals surface area contributed by atoms with Crippen LogP contribution in [0.25, 0.3) is 0 Å². The average Bonchev–Trinajstić information content (AvgIpc) is 2.35. The van der Waals surface area contributed by atoms with Crippen molar-refractivity contribution >= 4 is 23.6 Å². The van der Waals surface area contributed by atoms with Crippen molar-refractivity contribution in [2.75, 3.05) is 12.9 Å². The second-order valence-electron chi connectivity index (χ2n) is 3.25. The summed E-state index contributed by atoms with van der Waals surface area (Å²) in [5.41, 5.74) is 0.403. The molecule has 0 spiro atoms. The van der Waals surface area contributed by atoms with Gasteiger partial charge in [-0.25, -0.2) is 4.79 Å². The van der Waals surface area contributed by atoms with E-state index in [-0.39, 0.29) is 0 Å². The van der Waals surface area contributed by atoms with Gasteiger partial charge in [0.1, 0.15) is 0 Å². The first-order valence-electron chi connectivity index (χ1n) is 4.87. The molecular weight excluding hydrogens is 242 g/mol. The normalized spacial score (nSPS) is 11.9. The van der Waals surface area contributed by atoms with E-state index in [1.807, 2.05) is 6.26 Å². The Morgan fingerprint density at radius 2 is 2.06 bits per heavy atom. The van der Waals surface area contributed by atoms with Crippen LogP contribution in [-0.2, 0) is 4.79 Å². The molecule has 0 aliphatic carbocycles. The maximum Gasteiger partial charge on any atom is 0.328 e. The van der Waals surface area contributed by atoms with Crippen LogP contribution in [0.5, 0.6) is 0 Å². The van der Waals surface area contributed by atoms with Crippen LogP contribution < -0.4 is 5.32 Å². The monoisotopic (exact) mass is 255 g/mol. The van der Waals surface area contributed by atoms with E-state index in [0.29, 0.717) is 5.56 Å². The van der Waals surface area contributed by atoms with Crippen LogP contribution in [0.2, 0.25) is 0 Å². The number of hydrogen-bond donors (Lipinski definition) is 3. The number of carboxylic acid groups (broad SMARTS) is 1. The summed E-state index contributed by atoms with van der Waals surface area (Å²) < 4.78 is 0. The highest BCUT2D eigenvalue weighted by atomic mass is 32.2. The van der Waals surface area contributed by atoms with Crippen molar-refractivity contribution < 1.29 is 19.8 Å². The Bertz CT molecular complexity index is 422. The summed E-state index contributed by atoms with van der Waals surface area (Å²) in [5.74, 6) is -1.76. The second-order valence-corrected chi connectivity index (χ2v) is 4.10. The molecule has 0 saturated heterocycles. The molecule has 0 bridgehead atoms. The van der Waals surface area contributed by atoms with Crippen LogP contribution in [-0.4, -0.2) is 41.0 Å². The van der Waals surface area contributed by atoms with Gasteiger partial charge in [-0.2, -0.15) is 0 Å². The molecule has 0 radical (unpaired) electrons. The van der Waals surface area contributed by atoms with Gasteiger partial charge in [0.25, 0.3) is 5.91 Å². The summed E-state index contributed by atoms with van der Waals surface area (Å²) in [6, 6.07) is 5.59. The second kappa shape index (κ2) is 6.27. The van der Waals surface area contributed by atoms with E-state index in [9.17, 15) is 9.59 Å². The van der Waals surface area contributed by atoms with Crippen molar-refractivity contribution in [3.63, 3.8) is 0 Å². The molecule has 17 heavy (non-hydrogen) atoms. The van der Waals surface area contributed by atoms with Gasteiger partial charge < -0.3 is 15.5 Å². The smallest absolute Gasteiger partial charge is 0.328 e. The molecule has 6 heteroatoms. The highest BCUT2D eigenvalue weighted by molar-refractivity contribution is 7.98. The lowest BCUT2D eigenvalue weighted by atomic mass is 10.2. The third-order valence-corrected chi connectivity index (χ3v) is 2.93. The maximum absolute atomic E-state index is 11.8. The predicted molar refractivity (Wildman–Crippen MR) is 64.2 cm³/mol. The summed E-state index contributed by atoms with van der Waals surface area (Å²) in [5, 5.41) is 19.8. The minimum absolute atomic E-state index is 0.403. The molecule has 0 aromatic heterocycles. The molecule has 0 fully saturated rings. The molecule has 1 atom stereocenters. The quantitative estimate of drug-likeness (QED) is 0.670. The van der Waals surface area contributed by atoms with E-state index in [1.54, 1.807) is 24.3 Å². The Labute approximate surface area is 103 Å². The van der Waals surface area contributed by atoms with Crippen molar-refractivity contribution in [1.82, 2.24) is 5.32 Å². The molecule has 0 aliphatic heterocycles.